The van der Waals surface area contributed by atoms with Crippen LogP contribution in [0.5, 0.6) is 0 Å². The standard InChI is InChI=1S/C13H15ClN2O/c1-8-9(2)16(7-15-8)13-5-4-11(10(3)17)6-12(13)14/h4-7,10,17H,1-3H3/t10-/m1/s1. The van der Waals surface area contributed by atoms with Crippen molar-refractivity contribution in [2.45, 2.75) is 26.9 Å². The predicted molar refractivity (Wildman–Crippen MR) is 68.7 cm³/mol. The van der Waals surface area contributed by atoms with Crippen LogP contribution in [0.4, 0.5) is 0 Å². The van der Waals surface area contributed by atoms with Gasteiger partial charge in [-0.25, -0.2) is 4.98 Å². The van der Waals surface area contributed by atoms with Gasteiger partial charge in [0.1, 0.15) is 0 Å². The monoisotopic (exact) mass is 250 g/mol. The lowest BCUT2D eigenvalue weighted by atomic mass is 10.1. The van der Waals surface area contributed by atoms with Gasteiger partial charge in [0.2, 0.25) is 0 Å². The number of aliphatic hydroxyl groups is 1. The van der Waals surface area contributed by atoms with E-state index in [1.807, 2.05) is 30.5 Å². The summed E-state index contributed by atoms with van der Waals surface area (Å²) < 4.78 is 1.95. The molecule has 0 spiro atoms. The average molecular weight is 251 g/mol. The second-order valence-electron chi connectivity index (χ2n) is 4.17. The maximum atomic E-state index is 9.49. The average Bonchev–Trinajstić information content (AvgIpc) is 2.60. The van der Waals surface area contributed by atoms with Crippen LogP contribution in [0.1, 0.15) is 30.0 Å². The number of aliphatic hydroxyl groups excluding tert-OH is 1. The number of hydrogen-bond acceptors (Lipinski definition) is 2. The maximum Gasteiger partial charge on any atom is 0.0997 e. The molecule has 0 aliphatic rings. The first-order chi connectivity index (χ1) is 8.00. The quantitative estimate of drug-likeness (QED) is 0.889. The molecular formula is C13H15ClN2O. The van der Waals surface area contributed by atoms with Crippen LogP contribution in [0.3, 0.4) is 0 Å². The van der Waals surface area contributed by atoms with Crippen LogP contribution in [0.2, 0.25) is 5.02 Å². The molecule has 1 aromatic carbocycles. The lowest BCUT2D eigenvalue weighted by Gasteiger charge is -2.11. The van der Waals surface area contributed by atoms with Gasteiger partial charge in [-0.15, -0.1) is 0 Å². The second kappa shape index (κ2) is 4.51. The molecule has 1 N–H and O–H groups in total. The fourth-order valence-electron chi connectivity index (χ4n) is 1.72. The Kier molecular flexibility index (Phi) is 3.22. The van der Waals surface area contributed by atoms with Crippen molar-refractivity contribution in [1.29, 1.82) is 0 Å². The van der Waals surface area contributed by atoms with Gasteiger partial charge in [-0.3, -0.25) is 0 Å². The maximum absolute atomic E-state index is 9.49. The van der Waals surface area contributed by atoms with Crippen LogP contribution < -0.4 is 0 Å². The van der Waals surface area contributed by atoms with E-state index in [0.29, 0.717) is 5.02 Å². The molecule has 90 valence electrons. The summed E-state index contributed by atoms with van der Waals surface area (Å²) in [4.78, 5) is 4.25. The van der Waals surface area contributed by atoms with Gasteiger partial charge in [-0.05, 0) is 38.5 Å². The number of aromatic nitrogens is 2. The van der Waals surface area contributed by atoms with Crippen molar-refractivity contribution >= 4 is 11.6 Å². The zero-order chi connectivity index (χ0) is 12.6. The summed E-state index contributed by atoms with van der Waals surface area (Å²) in [5, 5.41) is 10.1. The summed E-state index contributed by atoms with van der Waals surface area (Å²) in [6.07, 6.45) is 1.25. The molecule has 0 saturated heterocycles. The minimum atomic E-state index is -0.507. The molecule has 0 radical (unpaired) electrons. The largest absolute Gasteiger partial charge is 0.389 e. The topological polar surface area (TPSA) is 38.0 Å². The van der Waals surface area contributed by atoms with E-state index in [1.54, 1.807) is 19.3 Å². The molecule has 2 aromatic rings. The molecule has 0 bridgehead atoms. The minimum Gasteiger partial charge on any atom is -0.389 e. The van der Waals surface area contributed by atoms with Crippen molar-refractivity contribution < 1.29 is 5.11 Å². The number of rotatable bonds is 2. The van der Waals surface area contributed by atoms with Crippen molar-refractivity contribution in [3.8, 4) is 5.69 Å². The predicted octanol–water partition coefficient (Wildman–Crippen LogP) is 3.20. The zero-order valence-corrected chi connectivity index (χ0v) is 10.9. The summed E-state index contributed by atoms with van der Waals surface area (Å²) in [6, 6.07) is 5.56. The van der Waals surface area contributed by atoms with Crippen LogP contribution in [-0.2, 0) is 0 Å². The SMILES string of the molecule is Cc1ncn(-c2ccc([C@@H](C)O)cc2Cl)c1C. The third-order valence-corrected chi connectivity index (χ3v) is 3.27. The van der Waals surface area contributed by atoms with E-state index in [2.05, 4.69) is 4.98 Å². The number of benzene rings is 1. The molecule has 0 aliphatic heterocycles. The highest BCUT2D eigenvalue weighted by molar-refractivity contribution is 6.32. The smallest absolute Gasteiger partial charge is 0.0997 e. The Hall–Kier alpha value is -1.32. The molecule has 0 unspecified atom stereocenters. The Balaban J connectivity index is 2.50. The van der Waals surface area contributed by atoms with Gasteiger partial charge in [-0.1, -0.05) is 17.7 Å². The van der Waals surface area contributed by atoms with Crippen molar-refractivity contribution in [2.75, 3.05) is 0 Å². The summed E-state index contributed by atoms with van der Waals surface area (Å²) in [5.41, 5.74) is 3.75. The molecule has 0 fully saturated rings. The van der Waals surface area contributed by atoms with Crippen LogP contribution in [0, 0.1) is 13.8 Å². The van der Waals surface area contributed by atoms with Gasteiger partial charge in [0.05, 0.1) is 28.8 Å². The highest BCUT2D eigenvalue weighted by Gasteiger charge is 2.10. The van der Waals surface area contributed by atoms with Crippen LogP contribution >= 0.6 is 11.6 Å². The first-order valence-electron chi connectivity index (χ1n) is 5.49. The number of nitrogens with zero attached hydrogens (tertiary/aromatic N) is 2. The molecular weight excluding hydrogens is 236 g/mol. The van der Waals surface area contributed by atoms with Gasteiger partial charge in [0, 0.05) is 5.69 Å². The minimum absolute atomic E-state index is 0.507. The van der Waals surface area contributed by atoms with Gasteiger partial charge in [0.15, 0.2) is 0 Å². The van der Waals surface area contributed by atoms with E-state index in [-0.39, 0.29) is 0 Å². The van der Waals surface area contributed by atoms with Gasteiger partial charge in [0.25, 0.3) is 0 Å². The van der Waals surface area contributed by atoms with Gasteiger partial charge < -0.3 is 9.67 Å². The Labute approximate surface area is 106 Å². The summed E-state index contributed by atoms with van der Waals surface area (Å²) in [6.45, 7) is 5.68. The van der Waals surface area contributed by atoms with E-state index in [9.17, 15) is 5.11 Å². The Morgan fingerprint density at radius 2 is 2.06 bits per heavy atom. The number of hydrogen-bond donors (Lipinski definition) is 1. The van der Waals surface area contributed by atoms with Crippen LogP contribution in [0.15, 0.2) is 24.5 Å². The third-order valence-electron chi connectivity index (χ3n) is 2.97. The number of aryl methyl sites for hydroxylation is 1. The van der Waals surface area contributed by atoms with E-state index < -0.39 is 6.10 Å². The Morgan fingerprint density at radius 1 is 1.35 bits per heavy atom. The van der Waals surface area contributed by atoms with E-state index in [0.717, 1.165) is 22.6 Å². The number of halogens is 1. The summed E-state index contributed by atoms with van der Waals surface area (Å²) >= 11 is 6.23. The lowest BCUT2D eigenvalue weighted by molar-refractivity contribution is 0.199. The van der Waals surface area contributed by atoms with Gasteiger partial charge >= 0.3 is 0 Å². The summed E-state index contributed by atoms with van der Waals surface area (Å²) in [7, 11) is 0. The normalized spacial score (nSPS) is 12.8. The van der Waals surface area contributed by atoms with Gasteiger partial charge in [-0.2, -0.15) is 0 Å². The highest BCUT2D eigenvalue weighted by Crippen LogP contribution is 2.26. The fourth-order valence-corrected chi connectivity index (χ4v) is 2.00. The third kappa shape index (κ3) is 2.21. The van der Waals surface area contributed by atoms with Crippen molar-refractivity contribution in [1.82, 2.24) is 9.55 Å². The van der Waals surface area contributed by atoms with Crippen LogP contribution in [-0.4, -0.2) is 14.7 Å². The van der Waals surface area contributed by atoms with Crippen molar-refractivity contribution in [2.24, 2.45) is 0 Å². The molecule has 1 heterocycles. The Morgan fingerprint density at radius 3 is 2.53 bits per heavy atom. The van der Waals surface area contributed by atoms with Crippen molar-refractivity contribution in [3.63, 3.8) is 0 Å². The molecule has 4 heteroatoms. The molecule has 2 rings (SSSR count). The molecule has 0 saturated carbocycles. The molecule has 0 aliphatic carbocycles. The molecule has 0 amide bonds. The second-order valence-corrected chi connectivity index (χ2v) is 4.58. The van der Waals surface area contributed by atoms with Crippen molar-refractivity contribution in [3.05, 3.63) is 46.5 Å². The zero-order valence-electron chi connectivity index (χ0n) is 10.1. The van der Waals surface area contributed by atoms with Crippen LogP contribution in [0.25, 0.3) is 5.69 Å². The van der Waals surface area contributed by atoms with E-state index in [1.165, 1.54) is 0 Å². The van der Waals surface area contributed by atoms with E-state index in [4.69, 9.17) is 11.6 Å². The number of imidazole rings is 1. The van der Waals surface area contributed by atoms with E-state index >= 15 is 0 Å². The molecule has 17 heavy (non-hydrogen) atoms. The molecule has 1 aromatic heterocycles. The lowest BCUT2D eigenvalue weighted by Crippen LogP contribution is -1.98. The molecule has 3 nitrogen and oxygen atoms in total. The first-order valence-corrected chi connectivity index (χ1v) is 5.87. The summed E-state index contributed by atoms with van der Waals surface area (Å²) in [5.74, 6) is 0. The first kappa shape index (κ1) is 12.1. The molecule has 1 atom stereocenters. The highest BCUT2D eigenvalue weighted by atomic mass is 35.5. The Bertz CT molecular complexity index is 546. The fraction of sp³-hybridized carbons (Fsp3) is 0.308.